The van der Waals surface area contributed by atoms with Gasteiger partial charge in [-0.25, -0.2) is 4.79 Å². The molecule has 0 fully saturated rings. The van der Waals surface area contributed by atoms with Crippen LogP contribution in [0, 0.1) is 6.92 Å². The van der Waals surface area contributed by atoms with Crippen LogP contribution in [0.3, 0.4) is 0 Å². The van der Waals surface area contributed by atoms with Gasteiger partial charge in [0.05, 0.1) is 6.54 Å². The molecule has 0 aliphatic heterocycles. The first-order chi connectivity index (χ1) is 13.9. The van der Waals surface area contributed by atoms with Crippen LogP contribution in [0.5, 0.6) is 0 Å². The van der Waals surface area contributed by atoms with Gasteiger partial charge in [0.15, 0.2) is 0 Å². The van der Waals surface area contributed by atoms with Crippen molar-refractivity contribution in [2.45, 2.75) is 53.1 Å². The Morgan fingerprint density at radius 3 is 2.41 bits per heavy atom. The summed E-state index contributed by atoms with van der Waals surface area (Å²) < 4.78 is 5.69. The SMILES string of the molecule is CCNC(=O)N(CC(=O)N(CCc1ccccc1)Cc1ccc(C)o1)[C@H](C)CC. The lowest BCUT2D eigenvalue weighted by Gasteiger charge is -2.31. The fourth-order valence-electron chi connectivity index (χ4n) is 3.11. The molecule has 1 N–H and O–H groups in total. The Balaban J connectivity index is 2.13. The van der Waals surface area contributed by atoms with Crippen LogP contribution in [0.1, 0.15) is 44.3 Å². The molecule has 2 aromatic rings. The van der Waals surface area contributed by atoms with E-state index in [9.17, 15) is 9.59 Å². The van der Waals surface area contributed by atoms with Gasteiger partial charge in [0, 0.05) is 19.1 Å². The Hall–Kier alpha value is -2.76. The van der Waals surface area contributed by atoms with E-state index in [1.54, 1.807) is 9.80 Å². The standard InChI is InChI=1S/C23H33N3O3/c1-5-18(3)26(23(28)24-6-2)17-22(27)25(16-21-13-12-19(4)29-21)15-14-20-10-8-7-9-11-20/h7-13,18H,5-6,14-17H2,1-4H3,(H,24,28)/t18-/m1/s1. The zero-order valence-electron chi connectivity index (χ0n) is 18.0. The van der Waals surface area contributed by atoms with Crippen LogP contribution in [0.2, 0.25) is 0 Å². The van der Waals surface area contributed by atoms with Gasteiger partial charge in [-0.3, -0.25) is 4.79 Å². The number of hydrogen-bond donors (Lipinski definition) is 1. The molecule has 0 aliphatic carbocycles. The minimum Gasteiger partial charge on any atom is -0.464 e. The molecule has 1 aromatic carbocycles. The van der Waals surface area contributed by atoms with Crippen molar-refractivity contribution in [1.82, 2.24) is 15.1 Å². The first-order valence-electron chi connectivity index (χ1n) is 10.4. The largest absolute Gasteiger partial charge is 0.464 e. The van der Waals surface area contributed by atoms with Crippen LogP contribution in [0.15, 0.2) is 46.9 Å². The number of amides is 3. The van der Waals surface area contributed by atoms with Crippen LogP contribution in [-0.2, 0) is 17.8 Å². The number of furan rings is 1. The van der Waals surface area contributed by atoms with E-state index in [-0.39, 0.29) is 24.5 Å². The molecule has 29 heavy (non-hydrogen) atoms. The van der Waals surface area contributed by atoms with E-state index >= 15 is 0 Å². The van der Waals surface area contributed by atoms with E-state index in [4.69, 9.17) is 4.42 Å². The van der Waals surface area contributed by atoms with Crippen molar-refractivity contribution < 1.29 is 14.0 Å². The van der Waals surface area contributed by atoms with Gasteiger partial charge in [-0.15, -0.1) is 0 Å². The quantitative estimate of drug-likeness (QED) is 0.657. The molecule has 0 saturated heterocycles. The summed E-state index contributed by atoms with van der Waals surface area (Å²) in [6.45, 7) is 9.28. The Morgan fingerprint density at radius 1 is 1.10 bits per heavy atom. The van der Waals surface area contributed by atoms with Gasteiger partial charge in [-0.05, 0) is 51.3 Å². The molecule has 1 aromatic heterocycles. The van der Waals surface area contributed by atoms with E-state index in [0.717, 1.165) is 24.4 Å². The second-order valence-corrected chi connectivity index (χ2v) is 7.28. The highest BCUT2D eigenvalue weighted by molar-refractivity contribution is 5.84. The van der Waals surface area contributed by atoms with Crippen LogP contribution < -0.4 is 5.32 Å². The predicted octanol–water partition coefficient (Wildman–Crippen LogP) is 3.99. The normalized spacial score (nSPS) is 11.7. The number of benzene rings is 1. The molecular weight excluding hydrogens is 366 g/mol. The Bertz CT molecular complexity index is 773. The van der Waals surface area contributed by atoms with E-state index in [1.807, 2.05) is 58.0 Å². The summed E-state index contributed by atoms with van der Waals surface area (Å²) in [7, 11) is 0. The maximum Gasteiger partial charge on any atom is 0.318 e. The van der Waals surface area contributed by atoms with E-state index in [2.05, 4.69) is 17.4 Å². The summed E-state index contributed by atoms with van der Waals surface area (Å²) in [4.78, 5) is 29.0. The fourth-order valence-corrected chi connectivity index (χ4v) is 3.11. The second kappa shape index (κ2) is 11.3. The summed E-state index contributed by atoms with van der Waals surface area (Å²) in [5.41, 5.74) is 1.17. The molecule has 1 heterocycles. The third-order valence-corrected chi connectivity index (χ3v) is 5.03. The van der Waals surface area contributed by atoms with Gasteiger partial charge >= 0.3 is 6.03 Å². The minimum absolute atomic E-state index is 0.0210. The molecule has 0 saturated carbocycles. The number of carbonyl (C=O) groups is 2. The number of carbonyl (C=O) groups excluding carboxylic acids is 2. The van der Waals surface area contributed by atoms with Gasteiger partial charge in [-0.2, -0.15) is 0 Å². The number of nitrogens with zero attached hydrogens (tertiary/aromatic N) is 2. The van der Waals surface area contributed by atoms with E-state index < -0.39 is 0 Å². The molecule has 158 valence electrons. The van der Waals surface area contributed by atoms with E-state index in [1.165, 1.54) is 5.56 Å². The number of aryl methyl sites for hydroxylation is 1. The average Bonchev–Trinajstić information content (AvgIpc) is 3.14. The van der Waals surface area contributed by atoms with Crippen LogP contribution >= 0.6 is 0 Å². The topological polar surface area (TPSA) is 65.8 Å². The zero-order valence-corrected chi connectivity index (χ0v) is 18.0. The summed E-state index contributed by atoms with van der Waals surface area (Å²) in [5.74, 6) is 1.48. The summed E-state index contributed by atoms with van der Waals surface area (Å²) >= 11 is 0. The summed E-state index contributed by atoms with van der Waals surface area (Å²) in [5, 5.41) is 2.81. The molecule has 0 aliphatic rings. The highest BCUT2D eigenvalue weighted by atomic mass is 16.3. The Labute approximate surface area is 173 Å². The lowest BCUT2D eigenvalue weighted by atomic mass is 10.1. The van der Waals surface area contributed by atoms with Gasteiger partial charge < -0.3 is 19.5 Å². The van der Waals surface area contributed by atoms with Gasteiger partial charge in [0.1, 0.15) is 18.1 Å². The molecule has 0 radical (unpaired) electrons. The first kappa shape index (κ1) is 22.5. The Morgan fingerprint density at radius 2 is 1.83 bits per heavy atom. The maximum absolute atomic E-state index is 13.2. The van der Waals surface area contributed by atoms with Crippen molar-refractivity contribution >= 4 is 11.9 Å². The third kappa shape index (κ3) is 6.97. The molecular formula is C23H33N3O3. The fraction of sp³-hybridized carbons (Fsp3) is 0.478. The first-order valence-corrected chi connectivity index (χ1v) is 10.4. The minimum atomic E-state index is -0.202. The van der Waals surface area contributed by atoms with Crippen molar-refractivity contribution in [2.24, 2.45) is 0 Å². The molecule has 0 unspecified atom stereocenters. The lowest BCUT2D eigenvalue weighted by Crippen LogP contribution is -2.50. The van der Waals surface area contributed by atoms with Crippen molar-refractivity contribution in [2.75, 3.05) is 19.6 Å². The number of urea groups is 1. The molecule has 3 amide bonds. The molecule has 1 atom stereocenters. The van der Waals surface area contributed by atoms with Crippen molar-refractivity contribution in [1.29, 1.82) is 0 Å². The van der Waals surface area contributed by atoms with E-state index in [0.29, 0.717) is 19.6 Å². The van der Waals surface area contributed by atoms with Crippen LogP contribution in [0.4, 0.5) is 4.79 Å². The monoisotopic (exact) mass is 399 g/mol. The molecule has 2 rings (SSSR count). The maximum atomic E-state index is 13.2. The summed E-state index contributed by atoms with van der Waals surface area (Å²) in [6.07, 6.45) is 1.53. The van der Waals surface area contributed by atoms with Gasteiger partial charge in [0.25, 0.3) is 0 Å². The predicted molar refractivity (Wildman–Crippen MR) is 115 cm³/mol. The lowest BCUT2D eigenvalue weighted by molar-refractivity contribution is -0.133. The number of hydrogen-bond acceptors (Lipinski definition) is 3. The molecule has 6 nitrogen and oxygen atoms in total. The van der Waals surface area contributed by atoms with Gasteiger partial charge in [0.2, 0.25) is 5.91 Å². The van der Waals surface area contributed by atoms with Crippen LogP contribution in [0.25, 0.3) is 0 Å². The van der Waals surface area contributed by atoms with Crippen LogP contribution in [-0.4, -0.2) is 47.4 Å². The molecule has 0 bridgehead atoms. The smallest absolute Gasteiger partial charge is 0.318 e. The second-order valence-electron chi connectivity index (χ2n) is 7.28. The average molecular weight is 400 g/mol. The highest BCUT2D eigenvalue weighted by Gasteiger charge is 2.25. The zero-order chi connectivity index (χ0) is 21.2. The number of nitrogens with one attached hydrogen (secondary N) is 1. The highest BCUT2D eigenvalue weighted by Crippen LogP contribution is 2.13. The van der Waals surface area contributed by atoms with Crippen molar-refractivity contribution in [3.63, 3.8) is 0 Å². The molecule has 0 spiro atoms. The van der Waals surface area contributed by atoms with Gasteiger partial charge in [-0.1, -0.05) is 37.3 Å². The van der Waals surface area contributed by atoms with Crippen molar-refractivity contribution in [3.05, 3.63) is 59.5 Å². The third-order valence-electron chi connectivity index (χ3n) is 5.03. The van der Waals surface area contributed by atoms with Crippen molar-refractivity contribution in [3.8, 4) is 0 Å². The Kier molecular flexibility index (Phi) is 8.77. The number of rotatable bonds is 10. The summed E-state index contributed by atoms with van der Waals surface area (Å²) in [6, 6.07) is 13.7. The molecule has 6 heteroatoms.